The van der Waals surface area contributed by atoms with E-state index in [0.29, 0.717) is 10.0 Å². The van der Waals surface area contributed by atoms with Gasteiger partial charge >= 0.3 is 6.03 Å². The topological polar surface area (TPSA) is 61.9 Å². The summed E-state index contributed by atoms with van der Waals surface area (Å²) in [4.78, 5) is 28.6. The molecule has 0 radical (unpaired) electrons. The molecular weight excluding hydrogens is 425 g/mol. The smallest absolute Gasteiger partial charge is 0.329 e. The number of anilines is 1. The van der Waals surface area contributed by atoms with Crippen molar-refractivity contribution < 1.29 is 14.3 Å². The van der Waals surface area contributed by atoms with Crippen molar-refractivity contribution in [2.75, 3.05) is 31.2 Å². The molecule has 2 aliphatic rings. The number of carbonyl (C=O) groups is 2. The molecule has 4 rings (SSSR count). The maximum atomic E-state index is 12.8. The van der Waals surface area contributed by atoms with Gasteiger partial charge in [0.1, 0.15) is 5.70 Å². The quantitative estimate of drug-likeness (QED) is 0.564. The number of halogens is 2. The van der Waals surface area contributed by atoms with Crippen molar-refractivity contribution in [2.45, 2.75) is 13.5 Å². The molecule has 2 fully saturated rings. The second-order valence-corrected chi connectivity index (χ2v) is 8.08. The monoisotopic (exact) mass is 445 g/mol. The molecule has 0 atom stereocenters. The maximum absolute atomic E-state index is 12.8. The minimum Gasteiger partial charge on any atom is -0.378 e. The van der Waals surface area contributed by atoms with Crippen LogP contribution in [0.5, 0.6) is 0 Å². The summed E-state index contributed by atoms with van der Waals surface area (Å²) in [5.41, 5.74) is 4.01. The zero-order valence-electron chi connectivity index (χ0n) is 16.5. The molecule has 0 aliphatic carbocycles. The van der Waals surface area contributed by atoms with E-state index in [9.17, 15) is 9.59 Å². The fourth-order valence-electron chi connectivity index (χ4n) is 3.53. The Labute approximate surface area is 185 Å². The van der Waals surface area contributed by atoms with E-state index in [1.807, 2.05) is 19.1 Å². The maximum Gasteiger partial charge on any atom is 0.329 e. The van der Waals surface area contributed by atoms with Crippen molar-refractivity contribution in [3.05, 3.63) is 68.8 Å². The highest BCUT2D eigenvalue weighted by atomic mass is 35.5. The lowest BCUT2D eigenvalue weighted by atomic mass is 10.1. The number of hydrogen-bond acceptors (Lipinski definition) is 4. The van der Waals surface area contributed by atoms with E-state index in [1.54, 1.807) is 24.3 Å². The van der Waals surface area contributed by atoms with Crippen molar-refractivity contribution in [1.29, 1.82) is 0 Å². The molecule has 2 aromatic rings. The van der Waals surface area contributed by atoms with Crippen LogP contribution in [0.15, 0.2) is 42.1 Å². The third-order valence-corrected chi connectivity index (χ3v) is 5.96. The Morgan fingerprint density at radius 3 is 2.53 bits per heavy atom. The van der Waals surface area contributed by atoms with Gasteiger partial charge in [-0.3, -0.25) is 9.69 Å². The number of ether oxygens (including phenoxy) is 1. The average molecular weight is 446 g/mol. The van der Waals surface area contributed by atoms with Crippen LogP contribution in [-0.4, -0.2) is 43.1 Å². The molecule has 156 valence electrons. The summed E-state index contributed by atoms with van der Waals surface area (Å²) in [5.74, 6) is -0.372. The molecule has 8 heteroatoms. The van der Waals surface area contributed by atoms with Gasteiger partial charge in [0.05, 0.1) is 29.8 Å². The van der Waals surface area contributed by atoms with E-state index < -0.39 is 6.03 Å². The third kappa shape index (κ3) is 4.31. The minimum absolute atomic E-state index is 0.119. The summed E-state index contributed by atoms with van der Waals surface area (Å²) < 4.78 is 5.40. The molecule has 2 aliphatic heterocycles. The highest BCUT2D eigenvalue weighted by Gasteiger charge is 2.33. The number of aryl methyl sites for hydroxylation is 1. The molecule has 0 bridgehead atoms. The van der Waals surface area contributed by atoms with Crippen molar-refractivity contribution in [3.63, 3.8) is 0 Å². The SMILES string of the molecule is Cc1cc(N2CCOCC2)ccc1/C=C1\NC(=O)N(Cc2ccc(Cl)c(Cl)c2)C1=O. The molecule has 2 saturated heterocycles. The highest BCUT2D eigenvalue weighted by molar-refractivity contribution is 6.42. The van der Waals surface area contributed by atoms with E-state index in [-0.39, 0.29) is 18.1 Å². The Hall–Kier alpha value is -2.54. The van der Waals surface area contributed by atoms with E-state index >= 15 is 0 Å². The lowest BCUT2D eigenvalue weighted by Crippen LogP contribution is -2.36. The Balaban J connectivity index is 1.52. The number of amides is 3. The first-order valence-corrected chi connectivity index (χ1v) is 10.4. The number of urea groups is 1. The van der Waals surface area contributed by atoms with Crippen LogP contribution in [0.2, 0.25) is 10.0 Å². The first-order chi connectivity index (χ1) is 14.4. The summed E-state index contributed by atoms with van der Waals surface area (Å²) in [7, 11) is 0. The second-order valence-electron chi connectivity index (χ2n) is 7.27. The normalized spacial score (nSPS) is 18.3. The van der Waals surface area contributed by atoms with Gasteiger partial charge in [-0.15, -0.1) is 0 Å². The van der Waals surface area contributed by atoms with Gasteiger partial charge in [-0.2, -0.15) is 0 Å². The lowest BCUT2D eigenvalue weighted by Gasteiger charge is -2.29. The van der Waals surface area contributed by atoms with Gasteiger partial charge < -0.3 is 15.0 Å². The third-order valence-electron chi connectivity index (χ3n) is 5.22. The van der Waals surface area contributed by atoms with Crippen molar-refractivity contribution in [1.82, 2.24) is 10.2 Å². The van der Waals surface area contributed by atoms with Crippen LogP contribution in [0.25, 0.3) is 6.08 Å². The van der Waals surface area contributed by atoms with E-state index in [0.717, 1.165) is 53.6 Å². The van der Waals surface area contributed by atoms with Crippen LogP contribution >= 0.6 is 23.2 Å². The van der Waals surface area contributed by atoms with Crippen LogP contribution in [0.1, 0.15) is 16.7 Å². The molecule has 0 unspecified atom stereocenters. The molecule has 0 aromatic heterocycles. The van der Waals surface area contributed by atoms with Crippen LogP contribution < -0.4 is 10.2 Å². The number of rotatable bonds is 4. The predicted octanol–water partition coefficient (Wildman–Crippen LogP) is 4.23. The molecule has 30 heavy (non-hydrogen) atoms. The zero-order chi connectivity index (χ0) is 21.3. The van der Waals surface area contributed by atoms with Crippen molar-refractivity contribution in [2.24, 2.45) is 0 Å². The molecule has 2 aromatic carbocycles. The van der Waals surface area contributed by atoms with Crippen LogP contribution in [0, 0.1) is 6.92 Å². The highest BCUT2D eigenvalue weighted by Crippen LogP contribution is 2.26. The number of imide groups is 1. The zero-order valence-corrected chi connectivity index (χ0v) is 18.0. The Morgan fingerprint density at radius 1 is 1.07 bits per heavy atom. The standard InChI is InChI=1S/C22H21Cl2N3O3/c1-14-10-17(26-6-8-30-9-7-26)4-3-16(14)12-20-21(28)27(22(29)25-20)13-15-2-5-18(23)19(24)11-15/h2-5,10-12H,6-9,13H2,1H3,(H,25,29)/b20-12-. The summed E-state index contributed by atoms with van der Waals surface area (Å²) in [5, 5.41) is 3.47. The van der Waals surface area contributed by atoms with Gasteiger partial charge in [0.2, 0.25) is 0 Å². The number of nitrogens with one attached hydrogen (secondary N) is 1. The van der Waals surface area contributed by atoms with Gasteiger partial charge in [-0.1, -0.05) is 35.3 Å². The molecular formula is C22H21Cl2N3O3. The summed E-state index contributed by atoms with van der Waals surface area (Å²) in [6.45, 7) is 5.27. The van der Waals surface area contributed by atoms with Crippen molar-refractivity contribution in [3.8, 4) is 0 Å². The fourth-order valence-corrected chi connectivity index (χ4v) is 3.85. The van der Waals surface area contributed by atoms with E-state index in [1.165, 1.54) is 0 Å². The Kier molecular flexibility index (Phi) is 5.99. The van der Waals surface area contributed by atoms with Crippen LogP contribution in [0.3, 0.4) is 0 Å². The molecule has 6 nitrogen and oxygen atoms in total. The van der Waals surface area contributed by atoms with E-state index in [4.69, 9.17) is 27.9 Å². The molecule has 1 N–H and O–H groups in total. The van der Waals surface area contributed by atoms with E-state index in [2.05, 4.69) is 16.3 Å². The summed E-state index contributed by atoms with van der Waals surface area (Å²) in [6, 6.07) is 10.7. The van der Waals surface area contributed by atoms with Gasteiger partial charge in [0.15, 0.2) is 0 Å². The number of benzene rings is 2. The molecule has 2 heterocycles. The Morgan fingerprint density at radius 2 is 1.83 bits per heavy atom. The fraction of sp³-hybridized carbons (Fsp3) is 0.273. The van der Waals surface area contributed by atoms with Crippen LogP contribution in [0.4, 0.5) is 10.5 Å². The first kappa shape index (κ1) is 20.7. The minimum atomic E-state index is -0.458. The molecule has 3 amide bonds. The largest absolute Gasteiger partial charge is 0.378 e. The predicted molar refractivity (Wildman–Crippen MR) is 118 cm³/mol. The van der Waals surface area contributed by atoms with Crippen molar-refractivity contribution >= 4 is 46.9 Å². The number of morpholine rings is 1. The van der Waals surface area contributed by atoms with Gasteiger partial charge in [0.25, 0.3) is 5.91 Å². The molecule has 0 spiro atoms. The van der Waals surface area contributed by atoms with Gasteiger partial charge in [0, 0.05) is 18.8 Å². The lowest BCUT2D eigenvalue weighted by molar-refractivity contribution is -0.123. The number of carbonyl (C=O) groups excluding carboxylic acids is 2. The van der Waals surface area contributed by atoms with Crippen LogP contribution in [-0.2, 0) is 16.1 Å². The number of hydrogen-bond donors (Lipinski definition) is 1. The first-order valence-electron chi connectivity index (χ1n) is 9.64. The molecule has 0 saturated carbocycles. The second kappa shape index (κ2) is 8.68. The number of nitrogens with zero attached hydrogens (tertiary/aromatic N) is 2. The summed E-state index contributed by atoms with van der Waals surface area (Å²) >= 11 is 12.0. The Bertz CT molecular complexity index is 1030. The van der Waals surface area contributed by atoms with Gasteiger partial charge in [-0.25, -0.2) is 4.79 Å². The summed E-state index contributed by atoms with van der Waals surface area (Å²) in [6.07, 6.45) is 1.72. The van der Waals surface area contributed by atoms with Gasteiger partial charge in [-0.05, 0) is 54.0 Å². The average Bonchev–Trinajstić information content (AvgIpc) is 3.00.